The van der Waals surface area contributed by atoms with Crippen molar-refractivity contribution >= 4 is 46.5 Å². The van der Waals surface area contributed by atoms with Crippen LogP contribution in [0, 0.1) is 0 Å². The topological polar surface area (TPSA) is 77.5 Å². The van der Waals surface area contributed by atoms with Gasteiger partial charge in [0.25, 0.3) is 5.24 Å². The van der Waals surface area contributed by atoms with Crippen LogP contribution in [0.15, 0.2) is 84.9 Å². The zero-order valence-corrected chi connectivity index (χ0v) is 18.4. The highest BCUT2D eigenvalue weighted by Crippen LogP contribution is 2.16. The van der Waals surface area contributed by atoms with Gasteiger partial charge in [0.2, 0.25) is 0 Å². The molecule has 0 unspecified atom stereocenters. The molecular formula is C27H19ClO5. The fraction of sp³-hybridized carbons (Fsp3) is 0.0370. The maximum absolute atomic E-state index is 12.4. The molecule has 33 heavy (non-hydrogen) atoms. The number of halogens is 1. The lowest BCUT2D eigenvalue weighted by Gasteiger charge is -2.05. The number of hydrogen-bond acceptors (Lipinski definition) is 5. The molecule has 0 N–H and O–H groups in total. The van der Waals surface area contributed by atoms with Crippen molar-refractivity contribution in [1.29, 1.82) is 0 Å². The van der Waals surface area contributed by atoms with Crippen LogP contribution in [0.4, 0.5) is 0 Å². The van der Waals surface area contributed by atoms with Crippen LogP contribution in [0.5, 0.6) is 5.75 Å². The Morgan fingerprint density at radius 3 is 1.67 bits per heavy atom. The summed E-state index contributed by atoms with van der Waals surface area (Å²) in [5.74, 6) is -0.508. The molecule has 6 heteroatoms. The predicted molar refractivity (Wildman–Crippen MR) is 128 cm³/mol. The number of ether oxygens (including phenoxy) is 1. The lowest BCUT2D eigenvalue weighted by Crippen LogP contribution is -2.08. The van der Waals surface area contributed by atoms with Crippen LogP contribution in [-0.2, 0) is 4.79 Å². The minimum absolute atomic E-state index is 0.0606. The van der Waals surface area contributed by atoms with Gasteiger partial charge in [0.05, 0.1) is 5.56 Å². The summed E-state index contributed by atoms with van der Waals surface area (Å²) in [7, 11) is 0. The Hall–Kier alpha value is -4.09. The predicted octanol–water partition coefficient (Wildman–Crippen LogP) is 5.78. The Morgan fingerprint density at radius 2 is 1.15 bits per heavy atom. The Balaban J connectivity index is 1.60. The lowest BCUT2D eigenvalue weighted by atomic mass is 10.1. The van der Waals surface area contributed by atoms with Crippen LogP contribution < -0.4 is 4.74 Å². The molecule has 0 heterocycles. The fourth-order valence-electron chi connectivity index (χ4n) is 2.79. The molecule has 0 saturated heterocycles. The first kappa shape index (κ1) is 23.6. The van der Waals surface area contributed by atoms with E-state index < -0.39 is 11.2 Å². The molecule has 0 saturated carbocycles. The number of benzene rings is 3. The van der Waals surface area contributed by atoms with E-state index in [2.05, 4.69) is 0 Å². The molecule has 0 aliphatic heterocycles. The van der Waals surface area contributed by atoms with E-state index >= 15 is 0 Å². The van der Waals surface area contributed by atoms with Crippen molar-refractivity contribution in [3.63, 3.8) is 0 Å². The van der Waals surface area contributed by atoms with Gasteiger partial charge in [-0.25, -0.2) is 4.79 Å². The third-order valence-corrected chi connectivity index (χ3v) is 4.79. The van der Waals surface area contributed by atoms with Crippen LogP contribution in [0.2, 0.25) is 0 Å². The molecule has 5 nitrogen and oxygen atoms in total. The fourth-order valence-corrected chi connectivity index (χ4v) is 2.92. The minimum atomic E-state index is -0.541. The van der Waals surface area contributed by atoms with Gasteiger partial charge in [-0.15, -0.1) is 0 Å². The average Bonchev–Trinajstić information content (AvgIpc) is 2.82. The number of ketones is 2. The summed E-state index contributed by atoms with van der Waals surface area (Å²) in [5, 5.41) is -0.541. The van der Waals surface area contributed by atoms with Gasteiger partial charge in [0.15, 0.2) is 11.6 Å². The van der Waals surface area contributed by atoms with Gasteiger partial charge < -0.3 is 4.74 Å². The van der Waals surface area contributed by atoms with Crippen molar-refractivity contribution in [2.45, 2.75) is 6.92 Å². The largest absolute Gasteiger partial charge is 0.423 e. The number of hydrogen-bond donors (Lipinski definition) is 0. The molecule has 0 bridgehead atoms. The van der Waals surface area contributed by atoms with Crippen molar-refractivity contribution in [3.05, 3.63) is 113 Å². The van der Waals surface area contributed by atoms with Crippen molar-refractivity contribution in [2.24, 2.45) is 0 Å². The second kappa shape index (κ2) is 11.0. The van der Waals surface area contributed by atoms with Crippen molar-refractivity contribution in [3.8, 4) is 5.75 Å². The van der Waals surface area contributed by atoms with Crippen molar-refractivity contribution in [2.75, 3.05) is 0 Å². The van der Waals surface area contributed by atoms with Crippen LogP contribution in [-0.4, -0.2) is 22.8 Å². The third-order valence-electron chi connectivity index (χ3n) is 4.57. The van der Waals surface area contributed by atoms with Gasteiger partial charge in [-0.3, -0.25) is 14.4 Å². The number of carbonyl (C=O) groups excluding carboxylic acids is 4. The van der Waals surface area contributed by atoms with Gasteiger partial charge in [-0.1, -0.05) is 36.4 Å². The molecule has 0 radical (unpaired) electrons. The molecular weight excluding hydrogens is 440 g/mol. The van der Waals surface area contributed by atoms with Crippen LogP contribution in [0.3, 0.4) is 0 Å². The molecule has 0 aliphatic rings. The van der Waals surface area contributed by atoms with Crippen molar-refractivity contribution < 1.29 is 23.9 Å². The van der Waals surface area contributed by atoms with Crippen LogP contribution in [0.1, 0.15) is 49.1 Å². The maximum Gasteiger partial charge on any atom is 0.343 e. The van der Waals surface area contributed by atoms with E-state index in [1.165, 1.54) is 19.1 Å². The van der Waals surface area contributed by atoms with Crippen molar-refractivity contribution in [1.82, 2.24) is 0 Å². The van der Waals surface area contributed by atoms with E-state index in [0.29, 0.717) is 22.4 Å². The molecule has 0 spiro atoms. The zero-order chi connectivity index (χ0) is 23.8. The standard InChI is InChI=1S/C27H19ClO5/c1-18(29)2-3-19-6-11-23(12-7-19)27(32)33-24-15-13-21(14-16-24)25(30)17-8-20-4-9-22(10-5-20)26(28)31/h2-17H,1H3. The van der Waals surface area contributed by atoms with Gasteiger partial charge in [-0.2, -0.15) is 0 Å². The van der Waals surface area contributed by atoms with E-state index in [9.17, 15) is 19.2 Å². The third kappa shape index (κ3) is 6.95. The lowest BCUT2D eigenvalue weighted by molar-refractivity contribution is -0.112. The summed E-state index contributed by atoms with van der Waals surface area (Å²) in [5.41, 5.74) is 2.71. The second-order valence-corrected chi connectivity index (χ2v) is 7.42. The van der Waals surface area contributed by atoms with Gasteiger partial charge in [-0.05, 0) is 90.3 Å². The van der Waals surface area contributed by atoms with E-state index in [1.807, 2.05) is 0 Å². The molecule has 3 aromatic carbocycles. The molecule has 0 aromatic heterocycles. The molecule has 0 amide bonds. The normalized spacial score (nSPS) is 11.0. The first-order chi connectivity index (χ1) is 15.8. The minimum Gasteiger partial charge on any atom is -0.423 e. The Labute approximate surface area is 196 Å². The summed E-state index contributed by atoms with van der Waals surface area (Å²) in [4.78, 5) is 46.8. The number of esters is 1. The van der Waals surface area contributed by atoms with Crippen LogP contribution in [0.25, 0.3) is 12.2 Å². The highest BCUT2D eigenvalue weighted by atomic mass is 35.5. The monoisotopic (exact) mass is 458 g/mol. The zero-order valence-electron chi connectivity index (χ0n) is 17.7. The summed E-state index contributed by atoms with van der Waals surface area (Å²) >= 11 is 5.41. The summed E-state index contributed by atoms with van der Waals surface area (Å²) in [6, 6.07) is 19.4. The van der Waals surface area contributed by atoms with Crippen LogP contribution >= 0.6 is 11.6 Å². The van der Waals surface area contributed by atoms with E-state index in [1.54, 1.807) is 84.9 Å². The average molecular weight is 459 g/mol. The molecule has 0 aliphatic carbocycles. The Kier molecular flexibility index (Phi) is 7.84. The van der Waals surface area contributed by atoms with Gasteiger partial charge in [0.1, 0.15) is 5.75 Å². The smallest absolute Gasteiger partial charge is 0.343 e. The van der Waals surface area contributed by atoms with Gasteiger partial charge >= 0.3 is 5.97 Å². The van der Waals surface area contributed by atoms with E-state index in [-0.39, 0.29) is 11.6 Å². The summed E-state index contributed by atoms with van der Waals surface area (Å²) in [6.07, 6.45) is 6.16. The molecule has 3 rings (SSSR count). The quantitative estimate of drug-likeness (QED) is 0.140. The SMILES string of the molecule is CC(=O)C=Cc1ccc(C(=O)Oc2ccc(C(=O)C=Cc3ccc(C(=O)Cl)cc3)cc2)cc1. The number of allylic oxidation sites excluding steroid dienone is 2. The first-order valence-electron chi connectivity index (χ1n) is 9.95. The highest BCUT2D eigenvalue weighted by Gasteiger charge is 2.09. The number of carbonyl (C=O) groups is 4. The summed E-state index contributed by atoms with van der Waals surface area (Å²) in [6.45, 7) is 1.46. The first-order valence-corrected chi connectivity index (χ1v) is 10.3. The van der Waals surface area contributed by atoms with E-state index in [4.69, 9.17) is 16.3 Å². The molecule has 0 atom stereocenters. The maximum atomic E-state index is 12.4. The molecule has 3 aromatic rings. The highest BCUT2D eigenvalue weighted by molar-refractivity contribution is 6.67. The molecule has 164 valence electrons. The van der Waals surface area contributed by atoms with Gasteiger partial charge in [0, 0.05) is 11.1 Å². The summed E-state index contributed by atoms with van der Waals surface area (Å²) < 4.78 is 5.35. The van der Waals surface area contributed by atoms with E-state index in [0.717, 1.165) is 11.1 Å². The molecule has 0 fully saturated rings. The number of rotatable bonds is 8. The Bertz CT molecular complexity index is 1240. The second-order valence-electron chi connectivity index (χ2n) is 7.07. The Morgan fingerprint density at radius 1 is 0.667 bits per heavy atom.